The molecule has 0 aliphatic heterocycles. The smallest absolute Gasteiger partial charge is 0.314 e. The quantitative estimate of drug-likeness (QED) is 0.285. The summed E-state index contributed by atoms with van der Waals surface area (Å²) in [6.45, 7) is 0. The number of hydrogen-bond donors (Lipinski definition) is 1. The minimum Gasteiger partial charge on any atom is -0.500 e. The molecule has 0 heterocycles. The highest BCUT2D eigenvalue weighted by molar-refractivity contribution is 5.61. The average molecular weight is 455 g/mol. The Bertz CT molecular complexity index is 1110. The van der Waals surface area contributed by atoms with E-state index in [0.717, 1.165) is 11.1 Å². The largest absolute Gasteiger partial charge is 0.500 e. The Morgan fingerprint density at radius 1 is 0.667 bits per heavy atom. The summed E-state index contributed by atoms with van der Waals surface area (Å²) in [5.74, 6) is 1.04. The second-order valence-corrected chi connectivity index (χ2v) is 7.01. The van der Waals surface area contributed by atoms with Gasteiger partial charge in [0.1, 0.15) is 0 Å². The number of ether oxygens (including phenoxy) is 5. The molecular formula is C24H25NO8. The first-order valence-electron chi connectivity index (χ1n) is 9.87. The molecule has 9 nitrogen and oxygen atoms in total. The third kappa shape index (κ3) is 4.57. The lowest BCUT2D eigenvalue weighted by Gasteiger charge is -2.22. The van der Waals surface area contributed by atoms with Gasteiger partial charge in [-0.15, -0.1) is 0 Å². The molecule has 33 heavy (non-hydrogen) atoms. The van der Waals surface area contributed by atoms with Gasteiger partial charge in [0.2, 0.25) is 5.75 Å². The van der Waals surface area contributed by atoms with Gasteiger partial charge in [-0.25, -0.2) is 0 Å². The van der Waals surface area contributed by atoms with Crippen LogP contribution < -0.4 is 23.7 Å². The van der Waals surface area contributed by atoms with Gasteiger partial charge in [-0.05, 0) is 47.0 Å². The number of hydrogen-bond acceptors (Lipinski definition) is 8. The molecule has 3 aromatic rings. The van der Waals surface area contributed by atoms with Crippen LogP contribution in [0.3, 0.4) is 0 Å². The first kappa shape index (κ1) is 23.5. The highest BCUT2D eigenvalue weighted by Gasteiger charge is 2.27. The standard InChI is InChI=1S/C24H25NO8/c1-29-18-8-6-14(11-20(18)31-3)23(15-7-9-19(30-2)21(12-15)32-4)16-10-17(25(27)28)24(26)22(13-16)33-5/h6-13,23,26H,1-5H3. The number of phenols is 1. The zero-order valence-corrected chi connectivity index (χ0v) is 18.9. The van der Waals surface area contributed by atoms with Crippen LogP contribution in [0.4, 0.5) is 5.69 Å². The maximum Gasteiger partial charge on any atom is 0.314 e. The summed E-state index contributed by atoms with van der Waals surface area (Å²) in [5, 5.41) is 21.9. The van der Waals surface area contributed by atoms with Crippen molar-refractivity contribution in [3.05, 3.63) is 75.3 Å². The summed E-state index contributed by atoms with van der Waals surface area (Å²) in [6, 6.07) is 13.7. The Kier molecular flexibility index (Phi) is 7.12. The molecule has 0 unspecified atom stereocenters. The molecule has 0 atom stereocenters. The fourth-order valence-electron chi connectivity index (χ4n) is 3.72. The van der Waals surface area contributed by atoms with E-state index in [2.05, 4.69) is 0 Å². The summed E-state index contributed by atoms with van der Waals surface area (Å²) in [7, 11) is 7.47. The van der Waals surface area contributed by atoms with Crippen molar-refractivity contribution in [1.82, 2.24) is 0 Å². The van der Waals surface area contributed by atoms with Crippen molar-refractivity contribution in [3.8, 4) is 34.5 Å². The van der Waals surface area contributed by atoms with Crippen LogP contribution in [0.2, 0.25) is 0 Å². The molecule has 0 saturated heterocycles. The molecule has 0 aromatic heterocycles. The van der Waals surface area contributed by atoms with Gasteiger partial charge in [-0.1, -0.05) is 12.1 Å². The van der Waals surface area contributed by atoms with Crippen LogP contribution in [0.15, 0.2) is 48.5 Å². The molecular weight excluding hydrogens is 430 g/mol. The molecule has 0 bridgehead atoms. The Balaban J connectivity index is 2.32. The van der Waals surface area contributed by atoms with E-state index >= 15 is 0 Å². The molecule has 9 heteroatoms. The van der Waals surface area contributed by atoms with Gasteiger partial charge in [-0.3, -0.25) is 10.1 Å². The van der Waals surface area contributed by atoms with Crippen LogP contribution in [-0.4, -0.2) is 45.6 Å². The van der Waals surface area contributed by atoms with Gasteiger partial charge in [-0.2, -0.15) is 0 Å². The van der Waals surface area contributed by atoms with E-state index in [1.54, 1.807) is 30.3 Å². The summed E-state index contributed by atoms with van der Waals surface area (Å²) < 4.78 is 26.8. The number of phenolic OH excluding ortho intramolecular Hbond substituents is 1. The second-order valence-electron chi connectivity index (χ2n) is 7.01. The molecule has 0 spiro atoms. The van der Waals surface area contributed by atoms with Gasteiger partial charge < -0.3 is 28.8 Å². The zero-order valence-electron chi connectivity index (χ0n) is 18.9. The molecule has 174 valence electrons. The number of benzene rings is 3. The maximum atomic E-state index is 11.6. The molecule has 0 fully saturated rings. The van der Waals surface area contributed by atoms with Crippen LogP contribution in [0, 0.1) is 10.1 Å². The summed E-state index contributed by atoms with van der Waals surface area (Å²) in [5.41, 5.74) is 1.59. The number of nitrogens with zero attached hydrogens (tertiary/aromatic N) is 1. The first-order chi connectivity index (χ1) is 15.9. The van der Waals surface area contributed by atoms with Gasteiger partial charge in [0, 0.05) is 12.0 Å². The van der Waals surface area contributed by atoms with E-state index < -0.39 is 22.3 Å². The number of rotatable bonds is 9. The highest BCUT2D eigenvalue weighted by Crippen LogP contribution is 2.44. The first-order valence-corrected chi connectivity index (χ1v) is 9.87. The molecule has 0 aliphatic rings. The van der Waals surface area contributed by atoms with Crippen molar-refractivity contribution >= 4 is 5.69 Å². The Morgan fingerprint density at radius 2 is 1.09 bits per heavy atom. The molecule has 3 rings (SSSR count). The van der Waals surface area contributed by atoms with Gasteiger partial charge in [0.05, 0.1) is 40.5 Å². The van der Waals surface area contributed by atoms with Crippen molar-refractivity contribution in [3.63, 3.8) is 0 Å². The van der Waals surface area contributed by atoms with Crippen LogP contribution >= 0.6 is 0 Å². The van der Waals surface area contributed by atoms with E-state index in [0.29, 0.717) is 28.6 Å². The van der Waals surface area contributed by atoms with Crippen molar-refractivity contribution in [2.24, 2.45) is 0 Å². The van der Waals surface area contributed by atoms with Crippen LogP contribution in [0.1, 0.15) is 22.6 Å². The van der Waals surface area contributed by atoms with E-state index in [9.17, 15) is 15.2 Å². The summed E-state index contributed by atoms with van der Waals surface area (Å²) in [6.07, 6.45) is 0. The highest BCUT2D eigenvalue weighted by atomic mass is 16.6. The molecule has 3 aromatic carbocycles. The average Bonchev–Trinajstić information content (AvgIpc) is 2.84. The SMILES string of the molecule is COc1ccc(C(c2ccc(OC)c(OC)c2)c2cc(OC)c(O)c([N+](=O)[O-])c2)cc1OC. The van der Waals surface area contributed by atoms with Crippen LogP contribution in [0.25, 0.3) is 0 Å². The Labute approximate surface area is 191 Å². The maximum absolute atomic E-state index is 11.6. The zero-order chi connectivity index (χ0) is 24.1. The Morgan fingerprint density at radius 3 is 1.48 bits per heavy atom. The van der Waals surface area contributed by atoms with E-state index in [-0.39, 0.29) is 5.75 Å². The lowest BCUT2D eigenvalue weighted by molar-refractivity contribution is -0.386. The molecule has 0 radical (unpaired) electrons. The van der Waals surface area contributed by atoms with Gasteiger partial charge in [0.15, 0.2) is 28.7 Å². The predicted molar refractivity (Wildman–Crippen MR) is 121 cm³/mol. The Hall–Kier alpha value is -4.14. The van der Waals surface area contributed by atoms with E-state index in [4.69, 9.17) is 23.7 Å². The molecule has 1 N–H and O–H groups in total. The lowest BCUT2D eigenvalue weighted by Crippen LogP contribution is -2.07. The van der Waals surface area contributed by atoms with Crippen LogP contribution in [0.5, 0.6) is 34.5 Å². The van der Waals surface area contributed by atoms with Crippen molar-refractivity contribution in [2.75, 3.05) is 35.5 Å². The third-order valence-electron chi connectivity index (χ3n) is 5.31. The number of aromatic hydroxyl groups is 1. The van der Waals surface area contributed by atoms with Crippen LogP contribution in [-0.2, 0) is 0 Å². The van der Waals surface area contributed by atoms with Crippen molar-refractivity contribution in [2.45, 2.75) is 5.92 Å². The topological polar surface area (TPSA) is 110 Å². The third-order valence-corrected chi connectivity index (χ3v) is 5.31. The van der Waals surface area contributed by atoms with E-state index in [1.807, 2.05) is 12.1 Å². The van der Waals surface area contributed by atoms with Gasteiger partial charge >= 0.3 is 5.69 Å². The van der Waals surface area contributed by atoms with Gasteiger partial charge in [0.25, 0.3) is 0 Å². The number of nitro benzene ring substituents is 1. The minimum atomic E-state index is -0.651. The fourth-order valence-corrected chi connectivity index (χ4v) is 3.72. The van der Waals surface area contributed by atoms with Crippen molar-refractivity contribution in [1.29, 1.82) is 0 Å². The monoisotopic (exact) mass is 455 g/mol. The molecule has 0 aliphatic carbocycles. The normalized spacial score (nSPS) is 10.6. The predicted octanol–water partition coefficient (Wildman–Crippen LogP) is 4.52. The summed E-state index contributed by atoms with van der Waals surface area (Å²) >= 11 is 0. The van der Waals surface area contributed by atoms with Crippen molar-refractivity contribution < 1.29 is 33.7 Å². The number of nitro groups is 1. The molecule has 0 saturated carbocycles. The fraction of sp³-hybridized carbons (Fsp3) is 0.250. The lowest BCUT2D eigenvalue weighted by atomic mass is 9.84. The summed E-state index contributed by atoms with van der Waals surface area (Å²) in [4.78, 5) is 11.0. The second kappa shape index (κ2) is 9.99. The van der Waals surface area contributed by atoms with E-state index in [1.165, 1.54) is 41.6 Å². The molecule has 0 amide bonds. The minimum absolute atomic E-state index is 0.00912. The number of methoxy groups -OCH3 is 5.